The molecule has 2 heterocycles. The number of nitrogens with zero attached hydrogens (tertiary/aromatic N) is 1. The fraction of sp³-hybridized carbons (Fsp3) is 0.375. The molecule has 1 amide bonds. The Balaban J connectivity index is 1.88. The minimum Gasteiger partial charge on any atom is -0.481 e. The number of aromatic nitrogens is 1. The topological polar surface area (TPSA) is 75.3 Å². The quantitative estimate of drug-likeness (QED) is 0.766. The average Bonchev–Trinajstić information content (AvgIpc) is 2.54. The molecule has 0 aromatic carbocycles. The lowest BCUT2D eigenvalue weighted by molar-refractivity contribution is -0.120. The number of carbonyl (C=O) groups is 1. The zero-order valence-electron chi connectivity index (χ0n) is 12.9. The van der Waals surface area contributed by atoms with Crippen LogP contribution in [0.15, 0.2) is 30.0 Å². The van der Waals surface area contributed by atoms with E-state index in [0.717, 1.165) is 28.7 Å². The van der Waals surface area contributed by atoms with Gasteiger partial charge in [-0.1, -0.05) is 6.08 Å². The summed E-state index contributed by atoms with van der Waals surface area (Å²) in [5, 5.41) is 9.24. The van der Waals surface area contributed by atoms with Gasteiger partial charge in [0.25, 0.3) is 5.91 Å². The van der Waals surface area contributed by atoms with Crippen LogP contribution in [0.3, 0.4) is 0 Å². The number of methoxy groups -OCH3 is 1. The van der Waals surface area contributed by atoms with Crippen molar-refractivity contribution in [2.45, 2.75) is 25.7 Å². The van der Waals surface area contributed by atoms with Crippen molar-refractivity contribution < 1.29 is 9.53 Å². The molecule has 2 atom stereocenters. The number of pyridine rings is 1. The summed E-state index contributed by atoms with van der Waals surface area (Å²) in [6.45, 7) is 1.96. The molecule has 6 heteroatoms. The molecule has 1 aliphatic heterocycles. The second kappa shape index (κ2) is 5.90. The van der Waals surface area contributed by atoms with Crippen LogP contribution in [0.1, 0.15) is 17.5 Å². The molecular formula is C16H20N4O2. The molecule has 3 rings (SSSR count). The molecule has 1 saturated heterocycles. The van der Waals surface area contributed by atoms with Crippen molar-refractivity contribution in [3.8, 4) is 5.88 Å². The number of rotatable bonds is 3. The summed E-state index contributed by atoms with van der Waals surface area (Å²) >= 11 is 0. The zero-order chi connectivity index (χ0) is 15.7. The lowest BCUT2D eigenvalue weighted by Gasteiger charge is -2.34. The van der Waals surface area contributed by atoms with Gasteiger partial charge >= 0.3 is 0 Å². The first-order valence-electron chi connectivity index (χ1n) is 7.29. The van der Waals surface area contributed by atoms with E-state index in [1.54, 1.807) is 13.3 Å². The van der Waals surface area contributed by atoms with Crippen molar-refractivity contribution in [3.05, 3.63) is 41.1 Å². The molecule has 0 bridgehead atoms. The van der Waals surface area contributed by atoms with Gasteiger partial charge in [-0.2, -0.15) is 0 Å². The summed E-state index contributed by atoms with van der Waals surface area (Å²) in [5.41, 5.74) is 3.75. The van der Waals surface area contributed by atoms with Crippen LogP contribution in [0.4, 0.5) is 0 Å². The van der Waals surface area contributed by atoms with Gasteiger partial charge in [0.05, 0.1) is 7.11 Å². The average molecular weight is 300 g/mol. The smallest absolute Gasteiger partial charge is 0.251 e. The van der Waals surface area contributed by atoms with Crippen molar-refractivity contribution in [2.75, 3.05) is 14.2 Å². The SMILES string of the molecule is CNC1NC(=O)C2=CC(c3cnc(OC)c(C)c3)=CCC2N1. The number of aryl methyl sites for hydroxylation is 1. The minimum absolute atomic E-state index is 0.0353. The highest BCUT2D eigenvalue weighted by Gasteiger charge is 2.31. The van der Waals surface area contributed by atoms with E-state index >= 15 is 0 Å². The minimum atomic E-state index is -0.186. The van der Waals surface area contributed by atoms with E-state index in [0.29, 0.717) is 5.88 Å². The Kier molecular flexibility index (Phi) is 3.96. The molecule has 2 aliphatic rings. The Hall–Kier alpha value is -2.18. The third-order valence-corrected chi connectivity index (χ3v) is 4.01. The number of hydrogen-bond donors (Lipinski definition) is 3. The number of amides is 1. The predicted octanol–water partition coefficient (Wildman–Crippen LogP) is 0.703. The first-order chi connectivity index (χ1) is 10.6. The molecule has 0 saturated carbocycles. The van der Waals surface area contributed by atoms with Crippen LogP contribution in [0.5, 0.6) is 5.88 Å². The van der Waals surface area contributed by atoms with Crippen LogP contribution in [0.2, 0.25) is 0 Å². The van der Waals surface area contributed by atoms with E-state index in [4.69, 9.17) is 4.74 Å². The highest BCUT2D eigenvalue weighted by molar-refractivity contribution is 5.99. The lowest BCUT2D eigenvalue weighted by atomic mass is 9.89. The van der Waals surface area contributed by atoms with E-state index in [-0.39, 0.29) is 18.2 Å². The van der Waals surface area contributed by atoms with Gasteiger partial charge in [0.2, 0.25) is 5.88 Å². The van der Waals surface area contributed by atoms with Crippen molar-refractivity contribution in [1.82, 2.24) is 20.9 Å². The normalized spacial score (nSPS) is 24.0. The van der Waals surface area contributed by atoms with Crippen LogP contribution in [0.25, 0.3) is 5.57 Å². The fourth-order valence-electron chi connectivity index (χ4n) is 2.83. The first kappa shape index (κ1) is 14.7. The van der Waals surface area contributed by atoms with E-state index < -0.39 is 0 Å². The van der Waals surface area contributed by atoms with E-state index in [1.807, 2.05) is 26.1 Å². The van der Waals surface area contributed by atoms with Crippen LogP contribution in [-0.2, 0) is 4.79 Å². The molecular weight excluding hydrogens is 280 g/mol. The van der Waals surface area contributed by atoms with Crippen LogP contribution >= 0.6 is 0 Å². The molecule has 1 aliphatic carbocycles. The van der Waals surface area contributed by atoms with Gasteiger partial charge in [-0.3, -0.25) is 15.4 Å². The van der Waals surface area contributed by atoms with Gasteiger partial charge < -0.3 is 10.1 Å². The maximum absolute atomic E-state index is 12.2. The van der Waals surface area contributed by atoms with Crippen molar-refractivity contribution in [3.63, 3.8) is 0 Å². The Labute approximate surface area is 129 Å². The third-order valence-electron chi connectivity index (χ3n) is 4.01. The Morgan fingerprint density at radius 1 is 1.45 bits per heavy atom. The Morgan fingerprint density at radius 2 is 2.27 bits per heavy atom. The zero-order valence-corrected chi connectivity index (χ0v) is 12.9. The summed E-state index contributed by atoms with van der Waals surface area (Å²) in [6, 6.07) is 2.07. The van der Waals surface area contributed by atoms with Gasteiger partial charge in [-0.05, 0) is 38.1 Å². The lowest BCUT2D eigenvalue weighted by Crippen LogP contribution is -2.63. The first-order valence-corrected chi connectivity index (χ1v) is 7.29. The molecule has 0 radical (unpaired) electrons. The maximum Gasteiger partial charge on any atom is 0.251 e. The molecule has 116 valence electrons. The number of nitrogens with one attached hydrogen (secondary N) is 3. The molecule has 1 aromatic heterocycles. The molecule has 6 nitrogen and oxygen atoms in total. The molecule has 3 N–H and O–H groups in total. The molecule has 22 heavy (non-hydrogen) atoms. The second-order valence-electron chi connectivity index (χ2n) is 5.46. The van der Waals surface area contributed by atoms with Gasteiger partial charge in [-0.15, -0.1) is 0 Å². The number of fused-ring (bicyclic) bond motifs is 1. The maximum atomic E-state index is 12.2. The van der Waals surface area contributed by atoms with Crippen LogP contribution < -0.4 is 20.7 Å². The second-order valence-corrected chi connectivity index (χ2v) is 5.46. The Morgan fingerprint density at radius 3 is 2.95 bits per heavy atom. The van der Waals surface area contributed by atoms with Crippen molar-refractivity contribution in [1.29, 1.82) is 0 Å². The van der Waals surface area contributed by atoms with E-state index in [9.17, 15) is 4.79 Å². The van der Waals surface area contributed by atoms with Gasteiger partial charge in [-0.25, -0.2) is 4.98 Å². The molecule has 1 aromatic rings. The van der Waals surface area contributed by atoms with Crippen molar-refractivity contribution >= 4 is 11.5 Å². The summed E-state index contributed by atoms with van der Waals surface area (Å²) < 4.78 is 5.19. The number of hydrogen-bond acceptors (Lipinski definition) is 5. The monoisotopic (exact) mass is 300 g/mol. The summed E-state index contributed by atoms with van der Waals surface area (Å²) in [5.74, 6) is 0.589. The standard InChI is InChI=1S/C16H20N4O2/c1-9-6-11(8-18-15(9)22-3)10-4-5-13-12(7-10)14(21)20-16(17-2)19-13/h4,6-8,13,16-17,19H,5H2,1-3H3,(H,20,21). The van der Waals surface area contributed by atoms with Gasteiger partial charge in [0.1, 0.15) is 6.29 Å². The highest BCUT2D eigenvalue weighted by atomic mass is 16.5. The third kappa shape index (κ3) is 2.63. The van der Waals surface area contributed by atoms with Crippen molar-refractivity contribution in [2.24, 2.45) is 0 Å². The van der Waals surface area contributed by atoms with Crippen LogP contribution in [-0.4, -0.2) is 37.4 Å². The number of carbonyl (C=O) groups excluding carboxylic acids is 1. The van der Waals surface area contributed by atoms with E-state index in [1.165, 1.54) is 0 Å². The van der Waals surface area contributed by atoms with E-state index in [2.05, 4.69) is 27.0 Å². The van der Waals surface area contributed by atoms with Gasteiger partial charge in [0, 0.05) is 28.9 Å². The molecule has 1 fully saturated rings. The summed E-state index contributed by atoms with van der Waals surface area (Å²) in [7, 11) is 3.42. The van der Waals surface area contributed by atoms with Gasteiger partial charge in [0.15, 0.2) is 0 Å². The number of ether oxygens (including phenoxy) is 1. The molecule has 2 unspecified atom stereocenters. The fourth-order valence-corrected chi connectivity index (χ4v) is 2.83. The molecule has 0 spiro atoms. The summed E-state index contributed by atoms with van der Waals surface area (Å²) in [6.07, 6.45) is 6.44. The highest BCUT2D eigenvalue weighted by Crippen LogP contribution is 2.28. The largest absolute Gasteiger partial charge is 0.481 e. The Bertz CT molecular complexity index is 666. The van der Waals surface area contributed by atoms with Crippen LogP contribution in [0, 0.1) is 6.92 Å². The predicted molar refractivity (Wildman–Crippen MR) is 84.1 cm³/mol. The number of allylic oxidation sites excluding steroid dienone is 2. The summed E-state index contributed by atoms with van der Waals surface area (Å²) in [4.78, 5) is 16.5.